The highest BCUT2D eigenvalue weighted by atomic mass is 35.5. The number of rotatable bonds is 4. The number of aryl methyl sites for hydroxylation is 2. The summed E-state index contributed by atoms with van der Waals surface area (Å²) in [5, 5.41) is 8.24. The molecule has 20 heavy (non-hydrogen) atoms. The highest BCUT2D eigenvalue weighted by molar-refractivity contribution is 6.30. The predicted molar refractivity (Wildman–Crippen MR) is 79.0 cm³/mol. The van der Waals surface area contributed by atoms with Gasteiger partial charge in [-0.1, -0.05) is 11.6 Å². The highest BCUT2D eigenvalue weighted by Gasteiger charge is 2.28. The van der Waals surface area contributed by atoms with Crippen molar-refractivity contribution >= 4 is 17.4 Å². The Bertz CT molecular complexity index is 645. The lowest BCUT2D eigenvalue weighted by atomic mass is 10.2. The van der Waals surface area contributed by atoms with Crippen LogP contribution in [-0.2, 0) is 13.6 Å². The maximum absolute atomic E-state index is 6.20. The molecule has 2 aromatic rings. The standard InChI is InChI=1S/C14H18ClN5/c1-8-12(15)17-14(10-4-5-10)18-13(8)16-6-11-7-20(3)19-9(11)2/h7,10H,4-6H2,1-3H3,(H,16,17,18). The van der Waals surface area contributed by atoms with E-state index in [9.17, 15) is 0 Å². The lowest BCUT2D eigenvalue weighted by Gasteiger charge is -2.10. The third-order valence-corrected chi connectivity index (χ3v) is 3.98. The summed E-state index contributed by atoms with van der Waals surface area (Å²) in [6.07, 6.45) is 4.35. The maximum Gasteiger partial charge on any atom is 0.137 e. The van der Waals surface area contributed by atoms with Crippen molar-refractivity contribution in [1.29, 1.82) is 0 Å². The van der Waals surface area contributed by atoms with Gasteiger partial charge in [0.2, 0.25) is 0 Å². The number of hydrogen-bond donors (Lipinski definition) is 1. The van der Waals surface area contributed by atoms with Gasteiger partial charge < -0.3 is 5.32 Å². The van der Waals surface area contributed by atoms with Crippen LogP contribution in [-0.4, -0.2) is 19.7 Å². The predicted octanol–water partition coefficient (Wildman–Crippen LogP) is 2.97. The first kappa shape index (κ1) is 13.4. The zero-order chi connectivity index (χ0) is 14.3. The van der Waals surface area contributed by atoms with Crippen molar-refractivity contribution in [3.63, 3.8) is 0 Å². The van der Waals surface area contributed by atoms with Gasteiger partial charge in [0.25, 0.3) is 0 Å². The smallest absolute Gasteiger partial charge is 0.137 e. The van der Waals surface area contributed by atoms with Crippen molar-refractivity contribution in [2.45, 2.75) is 39.2 Å². The Labute approximate surface area is 123 Å². The molecule has 5 nitrogen and oxygen atoms in total. The molecule has 106 valence electrons. The molecule has 1 saturated carbocycles. The van der Waals surface area contributed by atoms with Crippen LogP contribution in [0.5, 0.6) is 0 Å². The van der Waals surface area contributed by atoms with Gasteiger partial charge in [0.1, 0.15) is 16.8 Å². The Balaban J connectivity index is 1.81. The van der Waals surface area contributed by atoms with Crippen LogP contribution in [0.4, 0.5) is 5.82 Å². The third-order valence-electron chi connectivity index (χ3n) is 3.61. The SMILES string of the molecule is Cc1nn(C)cc1CNc1nc(C2CC2)nc(Cl)c1C. The van der Waals surface area contributed by atoms with Gasteiger partial charge in [0, 0.05) is 36.8 Å². The molecule has 1 fully saturated rings. The molecule has 0 unspecified atom stereocenters. The Morgan fingerprint density at radius 2 is 2.10 bits per heavy atom. The second kappa shape index (κ2) is 5.05. The summed E-state index contributed by atoms with van der Waals surface area (Å²) in [4.78, 5) is 8.98. The molecular weight excluding hydrogens is 274 g/mol. The van der Waals surface area contributed by atoms with E-state index < -0.39 is 0 Å². The average Bonchev–Trinajstić information content (AvgIpc) is 3.18. The van der Waals surface area contributed by atoms with Crippen molar-refractivity contribution in [1.82, 2.24) is 19.7 Å². The van der Waals surface area contributed by atoms with Crippen molar-refractivity contribution in [2.24, 2.45) is 7.05 Å². The first-order valence-electron chi connectivity index (χ1n) is 6.81. The third kappa shape index (κ3) is 2.63. The molecule has 6 heteroatoms. The zero-order valence-electron chi connectivity index (χ0n) is 11.9. The van der Waals surface area contributed by atoms with E-state index in [1.807, 2.05) is 31.8 Å². The number of halogens is 1. The summed E-state index contributed by atoms with van der Waals surface area (Å²) in [6.45, 7) is 4.64. The molecular formula is C14H18ClN5. The van der Waals surface area contributed by atoms with E-state index >= 15 is 0 Å². The number of anilines is 1. The second-order valence-corrected chi connectivity index (χ2v) is 5.75. The minimum Gasteiger partial charge on any atom is -0.365 e. The fourth-order valence-corrected chi connectivity index (χ4v) is 2.38. The van der Waals surface area contributed by atoms with E-state index in [0.717, 1.165) is 28.5 Å². The summed E-state index contributed by atoms with van der Waals surface area (Å²) < 4.78 is 1.82. The molecule has 1 N–H and O–H groups in total. The number of aromatic nitrogens is 4. The van der Waals surface area contributed by atoms with Gasteiger partial charge in [-0.2, -0.15) is 5.10 Å². The van der Waals surface area contributed by atoms with Crippen LogP contribution < -0.4 is 5.32 Å². The van der Waals surface area contributed by atoms with E-state index in [-0.39, 0.29) is 0 Å². The second-order valence-electron chi connectivity index (χ2n) is 5.39. The minimum absolute atomic E-state index is 0.494. The molecule has 0 bridgehead atoms. The first-order valence-corrected chi connectivity index (χ1v) is 7.19. The molecule has 3 rings (SSSR count). The molecule has 2 aromatic heterocycles. The quantitative estimate of drug-likeness (QED) is 0.880. The summed E-state index contributed by atoms with van der Waals surface area (Å²) in [6, 6.07) is 0. The number of nitrogens with zero attached hydrogens (tertiary/aromatic N) is 4. The largest absolute Gasteiger partial charge is 0.365 e. The van der Waals surface area contributed by atoms with E-state index in [1.165, 1.54) is 12.8 Å². The van der Waals surface area contributed by atoms with Crippen molar-refractivity contribution < 1.29 is 0 Å². The van der Waals surface area contributed by atoms with Crippen LogP contribution in [0.3, 0.4) is 0 Å². The maximum atomic E-state index is 6.20. The normalized spacial score (nSPS) is 14.6. The van der Waals surface area contributed by atoms with Gasteiger partial charge in [-0.15, -0.1) is 0 Å². The van der Waals surface area contributed by atoms with Crippen molar-refractivity contribution in [3.05, 3.63) is 34.0 Å². The lowest BCUT2D eigenvalue weighted by Crippen LogP contribution is -2.07. The fourth-order valence-electron chi connectivity index (χ4n) is 2.20. The molecule has 0 atom stereocenters. The Kier molecular flexibility index (Phi) is 3.38. The topological polar surface area (TPSA) is 55.6 Å². The Hall–Kier alpha value is -1.62. The van der Waals surface area contributed by atoms with Gasteiger partial charge in [-0.3, -0.25) is 4.68 Å². The summed E-state index contributed by atoms with van der Waals surface area (Å²) in [5.41, 5.74) is 3.09. The van der Waals surface area contributed by atoms with Gasteiger partial charge in [-0.25, -0.2) is 9.97 Å². The van der Waals surface area contributed by atoms with Crippen molar-refractivity contribution in [2.75, 3.05) is 5.32 Å². The molecule has 0 spiro atoms. The molecule has 0 aromatic carbocycles. The highest BCUT2D eigenvalue weighted by Crippen LogP contribution is 2.39. The van der Waals surface area contributed by atoms with E-state index in [1.54, 1.807) is 0 Å². The molecule has 1 aliphatic carbocycles. The molecule has 1 aliphatic rings. The lowest BCUT2D eigenvalue weighted by molar-refractivity contribution is 0.756. The van der Waals surface area contributed by atoms with Gasteiger partial charge in [-0.05, 0) is 26.7 Å². The Morgan fingerprint density at radius 1 is 1.35 bits per heavy atom. The van der Waals surface area contributed by atoms with Gasteiger partial charge >= 0.3 is 0 Å². The van der Waals surface area contributed by atoms with Crippen LogP contribution in [0.25, 0.3) is 0 Å². The summed E-state index contributed by atoms with van der Waals surface area (Å²) in [5.74, 6) is 2.19. The molecule has 2 heterocycles. The first-order chi connectivity index (χ1) is 9.54. The summed E-state index contributed by atoms with van der Waals surface area (Å²) in [7, 11) is 1.93. The van der Waals surface area contributed by atoms with Gasteiger partial charge in [0.05, 0.1) is 5.69 Å². The minimum atomic E-state index is 0.494. The van der Waals surface area contributed by atoms with Crippen LogP contribution in [0.1, 0.15) is 41.4 Å². The van der Waals surface area contributed by atoms with Gasteiger partial charge in [0.15, 0.2) is 0 Å². The van der Waals surface area contributed by atoms with E-state index in [2.05, 4.69) is 20.4 Å². The van der Waals surface area contributed by atoms with Crippen LogP contribution in [0.15, 0.2) is 6.20 Å². The average molecular weight is 292 g/mol. The van der Waals surface area contributed by atoms with E-state index in [0.29, 0.717) is 17.6 Å². The molecule has 0 aliphatic heterocycles. The zero-order valence-corrected chi connectivity index (χ0v) is 12.7. The number of nitrogens with one attached hydrogen (secondary N) is 1. The molecule has 0 amide bonds. The molecule has 0 radical (unpaired) electrons. The van der Waals surface area contributed by atoms with Crippen LogP contribution in [0.2, 0.25) is 5.15 Å². The van der Waals surface area contributed by atoms with Crippen molar-refractivity contribution in [3.8, 4) is 0 Å². The van der Waals surface area contributed by atoms with Crippen LogP contribution in [0, 0.1) is 13.8 Å². The molecule has 0 saturated heterocycles. The summed E-state index contributed by atoms with van der Waals surface area (Å²) >= 11 is 6.20. The Morgan fingerprint density at radius 3 is 2.70 bits per heavy atom. The van der Waals surface area contributed by atoms with Crippen LogP contribution >= 0.6 is 11.6 Å². The number of hydrogen-bond acceptors (Lipinski definition) is 4. The fraction of sp³-hybridized carbons (Fsp3) is 0.500. The van der Waals surface area contributed by atoms with E-state index in [4.69, 9.17) is 11.6 Å². The monoisotopic (exact) mass is 291 g/mol.